The van der Waals surface area contributed by atoms with E-state index >= 15 is 0 Å². The van der Waals surface area contributed by atoms with Gasteiger partial charge in [0, 0.05) is 11.3 Å². The molecule has 0 aliphatic carbocycles. The van der Waals surface area contributed by atoms with Gasteiger partial charge >= 0.3 is 0 Å². The van der Waals surface area contributed by atoms with Crippen molar-refractivity contribution in [2.45, 2.75) is 26.8 Å². The largest absolute Gasteiger partial charge is 0.399 e. The molecule has 94 valence electrons. The third-order valence-electron chi connectivity index (χ3n) is 2.81. The first-order chi connectivity index (χ1) is 7.95. The van der Waals surface area contributed by atoms with E-state index in [9.17, 15) is 9.90 Å². The highest BCUT2D eigenvalue weighted by atomic mass is 16.3. The molecule has 4 heteroatoms. The summed E-state index contributed by atoms with van der Waals surface area (Å²) in [5.41, 5.74) is 7.70. The summed E-state index contributed by atoms with van der Waals surface area (Å²) in [7, 11) is 0. The number of rotatable bonds is 4. The van der Waals surface area contributed by atoms with Crippen molar-refractivity contribution >= 4 is 11.6 Å². The Morgan fingerprint density at radius 2 is 2.12 bits per heavy atom. The second kappa shape index (κ2) is 5.68. The van der Waals surface area contributed by atoms with Gasteiger partial charge in [0.05, 0.1) is 12.6 Å². The first-order valence-corrected chi connectivity index (χ1v) is 5.73. The van der Waals surface area contributed by atoms with Crippen LogP contribution in [0.2, 0.25) is 0 Å². The van der Waals surface area contributed by atoms with E-state index in [2.05, 4.69) is 5.32 Å². The lowest BCUT2D eigenvalue weighted by molar-refractivity contribution is 0.0896. The van der Waals surface area contributed by atoms with Gasteiger partial charge in [-0.25, -0.2) is 0 Å². The summed E-state index contributed by atoms with van der Waals surface area (Å²) in [4.78, 5) is 12.0. The molecule has 1 atom stereocenters. The third-order valence-corrected chi connectivity index (χ3v) is 2.81. The van der Waals surface area contributed by atoms with Crippen LogP contribution in [0.3, 0.4) is 0 Å². The minimum absolute atomic E-state index is 0.0581. The second-order valence-corrected chi connectivity index (χ2v) is 4.58. The van der Waals surface area contributed by atoms with Gasteiger partial charge in [0.2, 0.25) is 0 Å². The van der Waals surface area contributed by atoms with Crippen molar-refractivity contribution in [1.29, 1.82) is 0 Å². The summed E-state index contributed by atoms with van der Waals surface area (Å²) in [5, 5.41) is 12.0. The van der Waals surface area contributed by atoms with E-state index in [1.807, 2.05) is 20.8 Å². The Bertz CT molecular complexity index is 402. The smallest absolute Gasteiger partial charge is 0.251 e. The number of hydrogen-bond acceptors (Lipinski definition) is 3. The zero-order valence-corrected chi connectivity index (χ0v) is 10.5. The van der Waals surface area contributed by atoms with Crippen LogP contribution in [0.25, 0.3) is 0 Å². The van der Waals surface area contributed by atoms with E-state index in [0.29, 0.717) is 11.3 Å². The van der Waals surface area contributed by atoms with Gasteiger partial charge in [0.25, 0.3) is 5.91 Å². The number of nitrogens with two attached hydrogens (primary N) is 1. The minimum Gasteiger partial charge on any atom is -0.399 e. The predicted octanol–water partition coefficient (Wildman–Crippen LogP) is 1.32. The Morgan fingerprint density at radius 3 is 2.59 bits per heavy atom. The van der Waals surface area contributed by atoms with Gasteiger partial charge in [0.1, 0.15) is 0 Å². The van der Waals surface area contributed by atoms with Gasteiger partial charge in [-0.1, -0.05) is 13.8 Å². The van der Waals surface area contributed by atoms with E-state index in [4.69, 9.17) is 5.73 Å². The standard InChI is InChI=1S/C13H20N2O2/c1-8(2)12(7-16)15-13(17)11-5-4-10(14)6-9(11)3/h4-6,8,12,16H,7,14H2,1-3H3,(H,15,17). The van der Waals surface area contributed by atoms with E-state index in [0.717, 1.165) is 5.56 Å². The molecule has 1 amide bonds. The average molecular weight is 236 g/mol. The molecule has 0 bridgehead atoms. The lowest BCUT2D eigenvalue weighted by Crippen LogP contribution is -2.41. The van der Waals surface area contributed by atoms with Crippen LogP contribution < -0.4 is 11.1 Å². The number of benzene rings is 1. The Kier molecular flexibility index (Phi) is 4.52. The van der Waals surface area contributed by atoms with Crippen LogP contribution in [0.4, 0.5) is 5.69 Å². The van der Waals surface area contributed by atoms with Gasteiger partial charge in [-0.2, -0.15) is 0 Å². The molecule has 1 rings (SSSR count). The van der Waals surface area contributed by atoms with Crippen molar-refractivity contribution in [3.05, 3.63) is 29.3 Å². The zero-order valence-electron chi connectivity index (χ0n) is 10.5. The van der Waals surface area contributed by atoms with Gasteiger partial charge in [-0.15, -0.1) is 0 Å². The van der Waals surface area contributed by atoms with Crippen LogP contribution >= 0.6 is 0 Å². The fraction of sp³-hybridized carbons (Fsp3) is 0.462. The van der Waals surface area contributed by atoms with Crippen LogP contribution in [0.1, 0.15) is 29.8 Å². The van der Waals surface area contributed by atoms with Crippen LogP contribution in [-0.2, 0) is 0 Å². The van der Waals surface area contributed by atoms with Gasteiger partial charge in [-0.3, -0.25) is 4.79 Å². The Morgan fingerprint density at radius 1 is 1.47 bits per heavy atom. The third kappa shape index (κ3) is 3.46. The summed E-state index contributed by atoms with van der Waals surface area (Å²) in [6.07, 6.45) is 0. The molecule has 0 aliphatic heterocycles. The fourth-order valence-electron chi connectivity index (χ4n) is 1.61. The number of hydrogen-bond donors (Lipinski definition) is 3. The van der Waals surface area contributed by atoms with Crippen molar-refractivity contribution in [3.63, 3.8) is 0 Å². The molecule has 0 saturated heterocycles. The number of aliphatic hydroxyl groups is 1. The molecule has 1 aromatic rings. The Hall–Kier alpha value is -1.55. The topological polar surface area (TPSA) is 75.4 Å². The number of carbonyl (C=O) groups is 1. The van der Waals surface area contributed by atoms with Crippen LogP contribution in [0, 0.1) is 12.8 Å². The van der Waals surface area contributed by atoms with E-state index in [1.54, 1.807) is 18.2 Å². The number of nitrogen functional groups attached to an aromatic ring is 1. The first kappa shape index (κ1) is 13.5. The molecule has 0 saturated carbocycles. The monoisotopic (exact) mass is 236 g/mol. The number of amides is 1. The number of aryl methyl sites for hydroxylation is 1. The summed E-state index contributed by atoms with van der Waals surface area (Å²) < 4.78 is 0. The number of anilines is 1. The molecule has 0 radical (unpaired) electrons. The van der Waals surface area contributed by atoms with Crippen LogP contribution in [-0.4, -0.2) is 23.7 Å². The Labute approximate surface area is 102 Å². The Balaban J connectivity index is 2.82. The molecule has 0 heterocycles. The maximum absolute atomic E-state index is 12.0. The van der Waals surface area contributed by atoms with E-state index < -0.39 is 0 Å². The average Bonchev–Trinajstić information content (AvgIpc) is 2.24. The quantitative estimate of drug-likeness (QED) is 0.690. The molecule has 0 fully saturated rings. The molecule has 0 spiro atoms. The summed E-state index contributed by atoms with van der Waals surface area (Å²) in [6.45, 7) is 5.69. The molecule has 4 nitrogen and oxygen atoms in total. The fourth-order valence-corrected chi connectivity index (χ4v) is 1.61. The van der Waals surface area contributed by atoms with Crippen molar-refractivity contribution in [3.8, 4) is 0 Å². The second-order valence-electron chi connectivity index (χ2n) is 4.58. The number of nitrogens with one attached hydrogen (secondary N) is 1. The van der Waals surface area contributed by atoms with E-state index in [1.165, 1.54) is 0 Å². The minimum atomic E-state index is -0.223. The molecule has 4 N–H and O–H groups in total. The molecule has 0 aromatic heterocycles. The molecule has 17 heavy (non-hydrogen) atoms. The van der Waals surface area contributed by atoms with Crippen molar-refractivity contribution in [2.75, 3.05) is 12.3 Å². The first-order valence-electron chi connectivity index (χ1n) is 5.73. The normalized spacial score (nSPS) is 12.5. The highest BCUT2D eigenvalue weighted by Gasteiger charge is 2.17. The summed E-state index contributed by atoms with van der Waals surface area (Å²) in [6, 6.07) is 4.94. The lowest BCUT2D eigenvalue weighted by Gasteiger charge is -2.20. The zero-order chi connectivity index (χ0) is 13.0. The molecule has 0 aliphatic rings. The molecule has 1 aromatic carbocycles. The molecule has 1 unspecified atom stereocenters. The highest BCUT2D eigenvalue weighted by molar-refractivity contribution is 5.96. The molecular formula is C13H20N2O2. The maximum Gasteiger partial charge on any atom is 0.251 e. The van der Waals surface area contributed by atoms with Crippen molar-refractivity contribution in [1.82, 2.24) is 5.32 Å². The van der Waals surface area contributed by atoms with Crippen molar-refractivity contribution in [2.24, 2.45) is 5.92 Å². The number of carbonyl (C=O) groups excluding carboxylic acids is 1. The number of aliphatic hydroxyl groups excluding tert-OH is 1. The van der Waals surface area contributed by atoms with Gasteiger partial charge in [-0.05, 0) is 36.6 Å². The molecular weight excluding hydrogens is 216 g/mol. The predicted molar refractivity (Wildman–Crippen MR) is 68.8 cm³/mol. The summed E-state index contributed by atoms with van der Waals surface area (Å²) in [5.74, 6) is 0.0216. The maximum atomic E-state index is 12.0. The van der Waals surface area contributed by atoms with Crippen molar-refractivity contribution < 1.29 is 9.90 Å². The summed E-state index contributed by atoms with van der Waals surface area (Å²) >= 11 is 0. The SMILES string of the molecule is Cc1cc(N)ccc1C(=O)NC(CO)C(C)C. The highest BCUT2D eigenvalue weighted by Crippen LogP contribution is 2.13. The van der Waals surface area contributed by atoms with Gasteiger partial charge in [0.15, 0.2) is 0 Å². The van der Waals surface area contributed by atoms with Crippen LogP contribution in [0.15, 0.2) is 18.2 Å². The van der Waals surface area contributed by atoms with E-state index in [-0.39, 0.29) is 24.5 Å². The lowest BCUT2D eigenvalue weighted by atomic mass is 10.0. The van der Waals surface area contributed by atoms with Crippen LogP contribution in [0.5, 0.6) is 0 Å². The van der Waals surface area contributed by atoms with Gasteiger partial charge < -0.3 is 16.2 Å².